The summed E-state index contributed by atoms with van der Waals surface area (Å²) in [6, 6.07) is 2.04. The Hall–Kier alpha value is -0.890. The van der Waals surface area contributed by atoms with Crippen LogP contribution < -0.4 is 0 Å². The molecule has 50 valence electrons. The van der Waals surface area contributed by atoms with Crippen molar-refractivity contribution in [1.29, 1.82) is 0 Å². The molecule has 0 saturated heterocycles. The molecule has 0 aromatic carbocycles. The first-order chi connectivity index (χ1) is 4.86. The number of carbonyl (C=O) groups excluding carboxylic acids is 1. The Labute approximate surface area is 63.0 Å². The molecule has 10 heavy (non-hydrogen) atoms. The zero-order valence-corrected chi connectivity index (χ0v) is 6.15. The fraction of sp³-hybridized carbons (Fsp3) is 0.125. The quantitative estimate of drug-likeness (QED) is 0.552. The first-order valence-electron chi connectivity index (χ1n) is 3.13. The Balaban J connectivity index is 2.52. The smallest absolute Gasteiger partial charge is 0.160 e. The first kappa shape index (κ1) is 5.86. The van der Waals surface area contributed by atoms with Gasteiger partial charge in [-0.2, -0.15) is 0 Å². The zero-order chi connectivity index (χ0) is 6.97. The van der Waals surface area contributed by atoms with E-state index in [0.29, 0.717) is 6.42 Å². The van der Waals surface area contributed by atoms with Crippen LogP contribution in [0.1, 0.15) is 10.4 Å². The van der Waals surface area contributed by atoms with E-state index in [4.69, 9.17) is 0 Å². The van der Waals surface area contributed by atoms with Gasteiger partial charge in [0.05, 0.1) is 0 Å². The van der Waals surface area contributed by atoms with Crippen molar-refractivity contribution in [2.45, 2.75) is 6.42 Å². The molecule has 0 unspecified atom stereocenters. The first-order valence-corrected chi connectivity index (χ1v) is 4.01. The van der Waals surface area contributed by atoms with Crippen molar-refractivity contribution in [2.24, 2.45) is 0 Å². The summed E-state index contributed by atoms with van der Waals surface area (Å²) in [5, 5.41) is 2.02. The Morgan fingerprint density at radius 2 is 2.30 bits per heavy atom. The van der Waals surface area contributed by atoms with Crippen LogP contribution in [-0.2, 0) is 11.2 Å². The minimum absolute atomic E-state index is 0.218. The average Bonchev–Trinajstić information content (AvgIpc) is 2.33. The largest absolute Gasteiger partial charge is 0.294 e. The second kappa shape index (κ2) is 2.06. The van der Waals surface area contributed by atoms with Crippen molar-refractivity contribution in [3.8, 4) is 0 Å². The van der Waals surface area contributed by atoms with Crippen molar-refractivity contribution < 1.29 is 4.79 Å². The van der Waals surface area contributed by atoms with Gasteiger partial charge in [0.25, 0.3) is 0 Å². The lowest BCUT2D eigenvalue weighted by molar-refractivity contribution is -0.114. The molecule has 0 fully saturated rings. The third-order valence-electron chi connectivity index (χ3n) is 1.56. The molecule has 1 aliphatic rings. The molecule has 0 amide bonds. The summed E-state index contributed by atoms with van der Waals surface area (Å²) in [5.41, 5.74) is 1.21. The van der Waals surface area contributed by atoms with Gasteiger partial charge >= 0.3 is 0 Å². The van der Waals surface area contributed by atoms with Crippen LogP contribution >= 0.6 is 11.3 Å². The number of thiophene rings is 1. The molecule has 1 heterocycles. The van der Waals surface area contributed by atoms with Gasteiger partial charge in [0, 0.05) is 11.3 Å². The van der Waals surface area contributed by atoms with Gasteiger partial charge in [0.2, 0.25) is 0 Å². The number of rotatable bonds is 0. The summed E-state index contributed by atoms with van der Waals surface area (Å²) >= 11 is 1.66. The minimum atomic E-state index is 0.218. The van der Waals surface area contributed by atoms with Crippen LogP contribution in [0.25, 0.3) is 6.08 Å². The highest BCUT2D eigenvalue weighted by atomic mass is 32.1. The second-order valence-corrected chi connectivity index (χ2v) is 3.28. The van der Waals surface area contributed by atoms with Gasteiger partial charge in [-0.1, -0.05) is 6.08 Å². The highest BCUT2D eigenvalue weighted by Crippen LogP contribution is 2.22. The van der Waals surface area contributed by atoms with Crippen LogP contribution in [0, 0.1) is 0 Å². The molecular weight excluding hydrogens is 144 g/mol. The lowest BCUT2D eigenvalue weighted by atomic mass is 10.1. The van der Waals surface area contributed by atoms with E-state index < -0.39 is 0 Å². The summed E-state index contributed by atoms with van der Waals surface area (Å²) in [5.74, 6) is 0.218. The predicted octanol–water partition coefficient (Wildman–Crippen LogP) is 1.89. The normalized spacial score (nSPS) is 15.4. The molecule has 0 spiro atoms. The van der Waals surface area contributed by atoms with E-state index in [0.717, 1.165) is 0 Å². The summed E-state index contributed by atoms with van der Waals surface area (Å²) in [7, 11) is 0. The minimum Gasteiger partial charge on any atom is -0.294 e. The Morgan fingerprint density at radius 3 is 3.20 bits per heavy atom. The fourth-order valence-corrected chi connectivity index (χ4v) is 1.92. The van der Waals surface area contributed by atoms with E-state index in [9.17, 15) is 4.79 Å². The van der Waals surface area contributed by atoms with Gasteiger partial charge in [-0.15, -0.1) is 11.3 Å². The van der Waals surface area contributed by atoms with Crippen LogP contribution in [0.5, 0.6) is 0 Å². The van der Waals surface area contributed by atoms with E-state index in [1.54, 1.807) is 17.4 Å². The Bertz CT molecular complexity index is 296. The molecule has 0 N–H and O–H groups in total. The zero-order valence-electron chi connectivity index (χ0n) is 5.33. The molecule has 1 aromatic rings. The highest BCUT2D eigenvalue weighted by molar-refractivity contribution is 7.10. The van der Waals surface area contributed by atoms with Gasteiger partial charge in [-0.25, -0.2) is 0 Å². The molecule has 2 heteroatoms. The maximum atomic E-state index is 10.8. The van der Waals surface area contributed by atoms with Crippen LogP contribution in [0.3, 0.4) is 0 Å². The van der Waals surface area contributed by atoms with Gasteiger partial charge in [-0.3, -0.25) is 4.79 Å². The average molecular weight is 150 g/mol. The van der Waals surface area contributed by atoms with Crippen molar-refractivity contribution in [3.05, 3.63) is 28.0 Å². The lowest BCUT2D eigenvalue weighted by Crippen LogP contribution is -2.01. The molecule has 1 aromatic heterocycles. The molecule has 2 rings (SSSR count). The van der Waals surface area contributed by atoms with E-state index in [1.807, 2.05) is 17.5 Å². The number of ketones is 1. The van der Waals surface area contributed by atoms with Crippen LogP contribution in [-0.4, -0.2) is 5.78 Å². The predicted molar refractivity (Wildman–Crippen MR) is 42.1 cm³/mol. The third-order valence-corrected chi connectivity index (χ3v) is 2.50. The van der Waals surface area contributed by atoms with Crippen molar-refractivity contribution in [3.63, 3.8) is 0 Å². The molecule has 0 aliphatic heterocycles. The standard InChI is InChI=1S/C8H6OS/c9-7-2-1-6-3-4-10-8(6)5-7/h1-4H,5H2. The number of carbonyl (C=O) groups is 1. The summed E-state index contributed by atoms with van der Waals surface area (Å²) < 4.78 is 0. The molecule has 0 bridgehead atoms. The number of hydrogen-bond donors (Lipinski definition) is 0. The number of hydrogen-bond acceptors (Lipinski definition) is 2. The SMILES string of the molecule is O=C1C=Cc2ccsc2C1. The lowest BCUT2D eigenvalue weighted by Gasteiger charge is -2.00. The second-order valence-electron chi connectivity index (χ2n) is 2.28. The van der Waals surface area contributed by atoms with Crippen molar-refractivity contribution >= 4 is 23.2 Å². The summed E-state index contributed by atoms with van der Waals surface area (Å²) in [6.45, 7) is 0. The van der Waals surface area contributed by atoms with Crippen LogP contribution in [0.4, 0.5) is 0 Å². The maximum Gasteiger partial charge on any atom is 0.160 e. The highest BCUT2D eigenvalue weighted by Gasteiger charge is 2.09. The number of allylic oxidation sites excluding steroid dienone is 1. The molecule has 0 radical (unpaired) electrons. The van der Waals surface area contributed by atoms with E-state index >= 15 is 0 Å². The molecule has 1 aliphatic carbocycles. The molecule has 1 nitrogen and oxygen atoms in total. The molecule has 0 saturated carbocycles. The molecule has 0 atom stereocenters. The van der Waals surface area contributed by atoms with Gasteiger partial charge in [-0.05, 0) is 23.1 Å². The van der Waals surface area contributed by atoms with Gasteiger partial charge < -0.3 is 0 Å². The van der Waals surface area contributed by atoms with E-state index in [-0.39, 0.29) is 5.78 Å². The van der Waals surface area contributed by atoms with Crippen molar-refractivity contribution in [1.82, 2.24) is 0 Å². The van der Waals surface area contributed by atoms with Gasteiger partial charge in [0.15, 0.2) is 5.78 Å². The summed E-state index contributed by atoms with van der Waals surface area (Å²) in [4.78, 5) is 12.0. The maximum absolute atomic E-state index is 10.8. The van der Waals surface area contributed by atoms with Crippen LogP contribution in [0.2, 0.25) is 0 Å². The third kappa shape index (κ3) is 0.809. The fourth-order valence-electron chi connectivity index (χ4n) is 1.04. The van der Waals surface area contributed by atoms with Crippen LogP contribution in [0.15, 0.2) is 17.5 Å². The van der Waals surface area contributed by atoms with Gasteiger partial charge in [0.1, 0.15) is 0 Å². The monoisotopic (exact) mass is 150 g/mol. The van der Waals surface area contributed by atoms with E-state index in [2.05, 4.69) is 0 Å². The summed E-state index contributed by atoms with van der Waals surface area (Å²) in [6.07, 6.45) is 4.14. The van der Waals surface area contributed by atoms with Crippen molar-refractivity contribution in [2.75, 3.05) is 0 Å². The Morgan fingerprint density at radius 1 is 1.40 bits per heavy atom. The number of fused-ring (bicyclic) bond motifs is 1. The Kier molecular flexibility index (Phi) is 1.21. The topological polar surface area (TPSA) is 17.1 Å². The molecular formula is C8H6OS. The van der Waals surface area contributed by atoms with E-state index in [1.165, 1.54) is 10.4 Å².